The van der Waals surface area contributed by atoms with Crippen molar-refractivity contribution in [3.8, 4) is 0 Å². The third-order valence-electron chi connectivity index (χ3n) is 4.89. The number of oxazole rings is 1. The van der Waals surface area contributed by atoms with E-state index in [0.29, 0.717) is 36.2 Å². The molecule has 7 heteroatoms. The number of carbonyl (C=O) groups excluding carboxylic acids is 2. The number of hydrogen-bond donors (Lipinski definition) is 1. The number of nitrogens with zero attached hydrogens (tertiary/aromatic N) is 2. The molecule has 1 aromatic heterocycles. The number of hydrogen-bond acceptors (Lipinski definition) is 4. The molecule has 7 nitrogen and oxygen atoms in total. The molecular formula is C20H19N3O4. The van der Waals surface area contributed by atoms with Gasteiger partial charge in [0.1, 0.15) is 6.04 Å². The highest BCUT2D eigenvalue weighted by Gasteiger charge is 2.36. The maximum absolute atomic E-state index is 12.8. The van der Waals surface area contributed by atoms with Crippen LogP contribution in [0.3, 0.4) is 0 Å². The van der Waals surface area contributed by atoms with E-state index in [2.05, 4.69) is 5.32 Å². The van der Waals surface area contributed by atoms with Gasteiger partial charge in [-0.1, -0.05) is 30.3 Å². The molecule has 1 unspecified atom stereocenters. The first kappa shape index (κ1) is 17.1. The number of likely N-dealkylation sites (tertiary alicyclic amines) is 1. The normalized spacial score (nSPS) is 16.9. The van der Waals surface area contributed by atoms with E-state index in [1.54, 1.807) is 30.1 Å². The van der Waals surface area contributed by atoms with Crippen molar-refractivity contribution in [2.45, 2.75) is 25.4 Å². The molecule has 1 aliphatic rings. The zero-order valence-corrected chi connectivity index (χ0v) is 14.8. The molecule has 0 saturated carbocycles. The number of anilines is 1. The molecule has 2 amide bonds. The lowest BCUT2D eigenvalue weighted by atomic mass is 10.1. The summed E-state index contributed by atoms with van der Waals surface area (Å²) in [6.45, 7) is 0.410. The summed E-state index contributed by atoms with van der Waals surface area (Å²) in [6.07, 6.45) is 0.851. The predicted octanol–water partition coefficient (Wildman–Crippen LogP) is 2.26. The summed E-state index contributed by atoms with van der Waals surface area (Å²) in [5.41, 5.74) is 2.60. The van der Waals surface area contributed by atoms with Crippen LogP contribution in [0.4, 0.5) is 5.69 Å². The fourth-order valence-electron chi connectivity index (χ4n) is 3.41. The Bertz CT molecular complexity index is 1070. The van der Waals surface area contributed by atoms with Gasteiger partial charge in [0.2, 0.25) is 11.8 Å². The lowest BCUT2D eigenvalue weighted by Crippen LogP contribution is -2.41. The SMILES string of the molecule is Cn1c(=O)oc2ccc(NC(=O)C3CCC(=O)N3Cc3ccccc3)cc21. The van der Waals surface area contributed by atoms with Crippen LogP contribution >= 0.6 is 0 Å². The summed E-state index contributed by atoms with van der Waals surface area (Å²) in [5.74, 6) is -0.708. The summed E-state index contributed by atoms with van der Waals surface area (Å²) in [6, 6.07) is 14.1. The Morgan fingerprint density at radius 1 is 1.19 bits per heavy atom. The van der Waals surface area contributed by atoms with Gasteiger partial charge >= 0.3 is 5.76 Å². The largest absolute Gasteiger partial charge is 0.419 e. The van der Waals surface area contributed by atoms with E-state index in [0.717, 1.165) is 5.56 Å². The standard InChI is InChI=1S/C20H19N3O4/c1-22-16-11-14(7-9-17(16)27-20(22)26)21-19(25)15-8-10-18(24)23(15)12-13-5-3-2-4-6-13/h2-7,9,11,15H,8,10,12H2,1H3,(H,21,25). The number of nitrogens with one attached hydrogen (secondary N) is 1. The summed E-state index contributed by atoms with van der Waals surface area (Å²) >= 11 is 0. The monoisotopic (exact) mass is 365 g/mol. The third kappa shape index (κ3) is 3.23. The molecule has 1 aliphatic heterocycles. The Labute approximate surface area is 155 Å². The highest BCUT2D eigenvalue weighted by Crippen LogP contribution is 2.24. The minimum Gasteiger partial charge on any atom is -0.408 e. The second-order valence-corrected chi connectivity index (χ2v) is 6.66. The molecule has 0 radical (unpaired) electrons. The smallest absolute Gasteiger partial charge is 0.408 e. The second kappa shape index (κ2) is 6.75. The van der Waals surface area contributed by atoms with Crippen molar-refractivity contribution < 1.29 is 14.0 Å². The van der Waals surface area contributed by atoms with Crippen LogP contribution in [0.2, 0.25) is 0 Å². The molecule has 138 valence electrons. The van der Waals surface area contributed by atoms with E-state index in [1.807, 2.05) is 30.3 Å². The van der Waals surface area contributed by atoms with E-state index in [9.17, 15) is 14.4 Å². The average molecular weight is 365 g/mol. The van der Waals surface area contributed by atoms with E-state index < -0.39 is 11.8 Å². The van der Waals surface area contributed by atoms with Crippen LogP contribution in [0.15, 0.2) is 57.7 Å². The molecule has 2 heterocycles. The highest BCUT2D eigenvalue weighted by molar-refractivity contribution is 5.99. The van der Waals surface area contributed by atoms with Gasteiger partial charge in [-0.2, -0.15) is 0 Å². The molecule has 3 aromatic rings. The number of aromatic nitrogens is 1. The quantitative estimate of drug-likeness (QED) is 0.769. The van der Waals surface area contributed by atoms with Crippen LogP contribution in [-0.4, -0.2) is 27.3 Å². The fraction of sp³-hybridized carbons (Fsp3) is 0.250. The Morgan fingerprint density at radius 2 is 1.96 bits per heavy atom. The highest BCUT2D eigenvalue weighted by atomic mass is 16.4. The number of rotatable bonds is 4. The number of fused-ring (bicyclic) bond motifs is 1. The average Bonchev–Trinajstić information content (AvgIpc) is 3.16. The van der Waals surface area contributed by atoms with Crippen molar-refractivity contribution in [2.24, 2.45) is 7.05 Å². The van der Waals surface area contributed by atoms with Crippen LogP contribution in [0.25, 0.3) is 11.1 Å². The number of carbonyl (C=O) groups is 2. The second-order valence-electron chi connectivity index (χ2n) is 6.66. The first-order chi connectivity index (χ1) is 13.0. The molecule has 1 N–H and O–H groups in total. The molecule has 2 aromatic carbocycles. The van der Waals surface area contributed by atoms with Crippen molar-refractivity contribution in [1.82, 2.24) is 9.47 Å². The van der Waals surface area contributed by atoms with Crippen molar-refractivity contribution in [1.29, 1.82) is 0 Å². The van der Waals surface area contributed by atoms with E-state index in [1.165, 1.54) is 4.57 Å². The minimum atomic E-state index is -0.512. The van der Waals surface area contributed by atoms with Gasteiger partial charge in [-0.3, -0.25) is 14.2 Å². The fourth-order valence-corrected chi connectivity index (χ4v) is 3.41. The van der Waals surface area contributed by atoms with Gasteiger partial charge < -0.3 is 14.6 Å². The van der Waals surface area contributed by atoms with Crippen molar-refractivity contribution in [2.75, 3.05) is 5.32 Å². The molecule has 1 atom stereocenters. The molecule has 4 rings (SSSR count). The molecular weight excluding hydrogens is 346 g/mol. The molecule has 0 aliphatic carbocycles. The van der Waals surface area contributed by atoms with Gasteiger partial charge in [-0.25, -0.2) is 4.79 Å². The molecule has 1 fully saturated rings. The van der Waals surface area contributed by atoms with Crippen LogP contribution in [-0.2, 0) is 23.2 Å². The van der Waals surface area contributed by atoms with Crippen LogP contribution < -0.4 is 11.1 Å². The van der Waals surface area contributed by atoms with Gasteiger partial charge in [-0.05, 0) is 30.2 Å². The zero-order chi connectivity index (χ0) is 19.0. The summed E-state index contributed by atoms with van der Waals surface area (Å²) in [5, 5.41) is 2.86. The van der Waals surface area contributed by atoms with Gasteiger partial charge in [0.25, 0.3) is 0 Å². The number of aryl methyl sites for hydroxylation is 1. The van der Waals surface area contributed by atoms with E-state index >= 15 is 0 Å². The summed E-state index contributed by atoms with van der Waals surface area (Å²) < 4.78 is 6.48. The Morgan fingerprint density at radius 3 is 2.74 bits per heavy atom. The van der Waals surface area contributed by atoms with E-state index in [-0.39, 0.29) is 11.8 Å². The van der Waals surface area contributed by atoms with Gasteiger partial charge in [0.15, 0.2) is 5.58 Å². The third-order valence-corrected chi connectivity index (χ3v) is 4.89. The van der Waals surface area contributed by atoms with Gasteiger partial charge in [0.05, 0.1) is 5.52 Å². The minimum absolute atomic E-state index is 0.0216. The van der Waals surface area contributed by atoms with Crippen LogP contribution in [0.5, 0.6) is 0 Å². The van der Waals surface area contributed by atoms with Gasteiger partial charge in [0, 0.05) is 25.7 Å². The van der Waals surface area contributed by atoms with Gasteiger partial charge in [-0.15, -0.1) is 0 Å². The summed E-state index contributed by atoms with van der Waals surface area (Å²) in [7, 11) is 1.61. The van der Waals surface area contributed by atoms with Crippen LogP contribution in [0, 0.1) is 0 Å². The molecule has 27 heavy (non-hydrogen) atoms. The first-order valence-corrected chi connectivity index (χ1v) is 8.77. The van der Waals surface area contributed by atoms with Crippen molar-refractivity contribution in [3.05, 3.63) is 64.6 Å². The summed E-state index contributed by atoms with van der Waals surface area (Å²) in [4.78, 5) is 38.3. The topological polar surface area (TPSA) is 84.5 Å². The van der Waals surface area contributed by atoms with Crippen molar-refractivity contribution >= 4 is 28.6 Å². The predicted molar refractivity (Wildman–Crippen MR) is 100 cm³/mol. The Kier molecular flexibility index (Phi) is 4.27. The Hall–Kier alpha value is -3.35. The molecule has 1 saturated heterocycles. The molecule has 0 bridgehead atoms. The maximum atomic E-state index is 12.8. The Balaban J connectivity index is 1.54. The lowest BCUT2D eigenvalue weighted by Gasteiger charge is -2.24. The lowest BCUT2D eigenvalue weighted by molar-refractivity contribution is -0.133. The van der Waals surface area contributed by atoms with Crippen molar-refractivity contribution in [3.63, 3.8) is 0 Å². The maximum Gasteiger partial charge on any atom is 0.419 e. The van der Waals surface area contributed by atoms with E-state index in [4.69, 9.17) is 4.42 Å². The first-order valence-electron chi connectivity index (χ1n) is 8.77. The van der Waals surface area contributed by atoms with Crippen LogP contribution in [0.1, 0.15) is 18.4 Å². The molecule has 0 spiro atoms. The zero-order valence-electron chi connectivity index (χ0n) is 14.8. The number of benzene rings is 2. The number of amides is 2.